The number of rotatable bonds is 4. The molecule has 0 radical (unpaired) electrons. The van der Waals surface area contributed by atoms with Gasteiger partial charge in [0.25, 0.3) is 5.91 Å². The Morgan fingerprint density at radius 2 is 1.75 bits per heavy atom. The quantitative estimate of drug-likeness (QED) is 0.935. The maximum Gasteiger partial charge on any atom is 0.262 e. The van der Waals surface area contributed by atoms with Crippen LogP contribution in [0.4, 0.5) is 18.9 Å². The Hall–Kier alpha value is -2.50. The van der Waals surface area contributed by atoms with Gasteiger partial charge in [-0.05, 0) is 24.3 Å². The van der Waals surface area contributed by atoms with Gasteiger partial charge < -0.3 is 10.1 Å². The average molecular weight is 281 g/mol. The topological polar surface area (TPSA) is 38.3 Å². The fraction of sp³-hybridized carbons (Fsp3) is 0.0714. The number of ether oxygens (including phenoxy) is 1. The van der Waals surface area contributed by atoms with E-state index in [1.807, 2.05) is 0 Å². The van der Waals surface area contributed by atoms with Gasteiger partial charge in [-0.15, -0.1) is 0 Å². The standard InChI is InChI=1S/C14H10F3NO2/c15-10-6-5-9(7-12(10)17)18-14(19)8-20-13-4-2-1-3-11(13)16/h1-7H,8H2,(H,18,19). The van der Waals surface area contributed by atoms with Crippen LogP contribution in [0.25, 0.3) is 0 Å². The van der Waals surface area contributed by atoms with Crippen molar-refractivity contribution < 1.29 is 22.7 Å². The largest absolute Gasteiger partial charge is 0.481 e. The molecule has 0 saturated heterocycles. The molecule has 0 spiro atoms. The molecule has 0 unspecified atom stereocenters. The normalized spacial score (nSPS) is 10.2. The van der Waals surface area contributed by atoms with E-state index in [0.29, 0.717) is 0 Å². The fourth-order valence-corrected chi connectivity index (χ4v) is 1.48. The molecule has 6 heteroatoms. The number of benzene rings is 2. The molecule has 2 aromatic rings. The average Bonchev–Trinajstić information content (AvgIpc) is 2.42. The number of para-hydroxylation sites is 1. The number of hydrogen-bond donors (Lipinski definition) is 1. The third kappa shape index (κ3) is 3.50. The summed E-state index contributed by atoms with van der Waals surface area (Å²) in [6.07, 6.45) is 0. The first-order valence-electron chi connectivity index (χ1n) is 5.68. The summed E-state index contributed by atoms with van der Waals surface area (Å²) in [6, 6.07) is 8.57. The van der Waals surface area contributed by atoms with Crippen LogP contribution in [0, 0.1) is 17.5 Å². The molecule has 20 heavy (non-hydrogen) atoms. The van der Waals surface area contributed by atoms with Crippen LogP contribution in [0.3, 0.4) is 0 Å². The molecule has 1 N–H and O–H groups in total. The van der Waals surface area contributed by atoms with E-state index in [0.717, 1.165) is 12.1 Å². The van der Waals surface area contributed by atoms with Gasteiger partial charge in [-0.3, -0.25) is 4.79 Å². The SMILES string of the molecule is O=C(COc1ccccc1F)Nc1ccc(F)c(F)c1. The Kier molecular flexibility index (Phi) is 4.24. The second kappa shape index (κ2) is 6.10. The maximum atomic E-state index is 13.2. The zero-order valence-corrected chi connectivity index (χ0v) is 10.2. The highest BCUT2D eigenvalue weighted by molar-refractivity contribution is 5.91. The van der Waals surface area contributed by atoms with Crippen molar-refractivity contribution in [2.45, 2.75) is 0 Å². The molecule has 0 aliphatic rings. The predicted octanol–water partition coefficient (Wildman–Crippen LogP) is 3.12. The monoisotopic (exact) mass is 281 g/mol. The molecule has 0 aliphatic carbocycles. The van der Waals surface area contributed by atoms with E-state index in [1.54, 1.807) is 6.07 Å². The van der Waals surface area contributed by atoms with E-state index < -0.39 is 30.0 Å². The molecular weight excluding hydrogens is 271 g/mol. The summed E-state index contributed by atoms with van der Waals surface area (Å²) in [6.45, 7) is -0.445. The van der Waals surface area contributed by atoms with Crippen molar-refractivity contribution in [3.63, 3.8) is 0 Å². The van der Waals surface area contributed by atoms with Crippen LogP contribution in [0.2, 0.25) is 0 Å². The number of amides is 1. The smallest absolute Gasteiger partial charge is 0.262 e. The zero-order valence-electron chi connectivity index (χ0n) is 10.2. The highest BCUT2D eigenvalue weighted by Crippen LogP contribution is 2.16. The summed E-state index contributed by atoms with van der Waals surface area (Å²) in [5.74, 6) is -3.34. The summed E-state index contributed by atoms with van der Waals surface area (Å²) in [4.78, 5) is 11.5. The molecule has 0 aliphatic heterocycles. The summed E-state index contributed by atoms with van der Waals surface area (Å²) in [5.41, 5.74) is 0.0889. The Morgan fingerprint density at radius 1 is 1.00 bits per heavy atom. The molecular formula is C14H10F3NO2. The van der Waals surface area contributed by atoms with Crippen molar-refractivity contribution in [1.82, 2.24) is 0 Å². The molecule has 2 aromatic carbocycles. The Bertz CT molecular complexity index is 632. The summed E-state index contributed by atoms with van der Waals surface area (Å²) >= 11 is 0. The lowest BCUT2D eigenvalue weighted by Crippen LogP contribution is -2.20. The van der Waals surface area contributed by atoms with Crippen LogP contribution in [-0.4, -0.2) is 12.5 Å². The maximum absolute atomic E-state index is 13.2. The van der Waals surface area contributed by atoms with E-state index in [2.05, 4.69) is 5.32 Å². The van der Waals surface area contributed by atoms with Crippen LogP contribution in [0.1, 0.15) is 0 Å². The lowest BCUT2D eigenvalue weighted by Gasteiger charge is -2.08. The second-order valence-corrected chi connectivity index (χ2v) is 3.90. The van der Waals surface area contributed by atoms with Gasteiger partial charge in [0.1, 0.15) is 0 Å². The molecule has 1 amide bonds. The molecule has 0 fully saturated rings. The van der Waals surface area contributed by atoms with E-state index in [4.69, 9.17) is 4.74 Å². The third-order valence-electron chi connectivity index (χ3n) is 2.40. The van der Waals surface area contributed by atoms with Crippen molar-refractivity contribution in [1.29, 1.82) is 0 Å². The van der Waals surface area contributed by atoms with Crippen LogP contribution in [0.15, 0.2) is 42.5 Å². The number of nitrogens with one attached hydrogen (secondary N) is 1. The van der Waals surface area contributed by atoms with Crippen LogP contribution in [0.5, 0.6) is 5.75 Å². The van der Waals surface area contributed by atoms with Gasteiger partial charge in [0.15, 0.2) is 29.8 Å². The summed E-state index contributed by atoms with van der Waals surface area (Å²) < 4.78 is 43.8. The molecule has 2 rings (SSSR count). The highest BCUT2D eigenvalue weighted by atomic mass is 19.2. The predicted molar refractivity (Wildman–Crippen MR) is 66.9 cm³/mol. The van der Waals surface area contributed by atoms with Gasteiger partial charge in [0.2, 0.25) is 0 Å². The number of carbonyl (C=O) groups is 1. The van der Waals surface area contributed by atoms with Gasteiger partial charge in [0.05, 0.1) is 0 Å². The first-order chi connectivity index (χ1) is 9.56. The van der Waals surface area contributed by atoms with Crippen molar-refractivity contribution in [2.24, 2.45) is 0 Å². The number of anilines is 1. The van der Waals surface area contributed by atoms with Crippen LogP contribution >= 0.6 is 0 Å². The molecule has 0 bridgehead atoms. The minimum atomic E-state index is -1.07. The van der Waals surface area contributed by atoms with E-state index >= 15 is 0 Å². The molecule has 0 heterocycles. The first kappa shape index (κ1) is 13.9. The van der Waals surface area contributed by atoms with Crippen molar-refractivity contribution in [3.05, 3.63) is 59.9 Å². The Balaban J connectivity index is 1.93. The van der Waals surface area contributed by atoms with Gasteiger partial charge in [0, 0.05) is 11.8 Å². The van der Waals surface area contributed by atoms with Crippen molar-refractivity contribution in [2.75, 3.05) is 11.9 Å². The molecule has 3 nitrogen and oxygen atoms in total. The third-order valence-corrected chi connectivity index (χ3v) is 2.40. The number of halogens is 3. The van der Waals surface area contributed by atoms with Crippen molar-refractivity contribution in [3.8, 4) is 5.75 Å². The molecule has 0 saturated carbocycles. The molecule has 104 valence electrons. The molecule has 0 atom stereocenters. The first-order valence-corrected chi connectivity index (χ1v) is 5.68. The summed E-state index contributed by atoms with van der Waals surface area (Å²) in [7, 11) is 0. The van der Waals surface area contributed by atoms with Gasteiger partial charge in [-0.2, -0.15) is 0 Å². The van der Waals surface area contributed by atoms with Gasteiger partial charge in [-0.25, -0.2) is 13.2 Å². The molecule has 0 aromatic heterocycles. The minimum absolute atomic E-state index is 0.0621. The van der Waals surface area contributed by atoms with Crippen molar-refractivity contribution >= 4 is 11.6 Å². The van der Waals surface area contributed by atoms with Crippen LogP contribution in [-0.2, 0) is 4.79 Å². The number of hydrogen-bond acceptors (Lipinski definition) is 2. The van der Waals surface area contributed by atoms with Gasteiger partial charge in [-0.1, -0.05) is 12.1 Å². The number of carbonyl (C=O) groups excluding carboxylic acids is 1. The lowest BCUT2D eigenvalue weighted by atomic mass is 10.3. The second-order valence-electron chi connectivity index (χ2n) is 3.90. The Labute approximate surface area is 113 Å². The highest BCUT2D eigenvalue weighted by Gasteiger charge is 2.08. The minimum Gasteiger partial charge on any atom is -0.481 e. The van der Waals surface area contributed by atoms with Gasteiger partial charge >= 0.3 is 0 Å². The Morgan fingerprint density at radius 3 is 2.45 bits per heavy atom. The van der Waals surface area contributed by atoms with Crippen LogP contribution < -0.4 is 10.1 Å². The summed E-state index contributed by atoms with van der Waals surface area (Å²) in [5, 5.41) is 2.31. The van der Waals surface area contributed by atoms with E-state index in [9.17, 15) is 18.0 Å². The fourth-order valence-electron chi connectivity index (χ4n) is 1.48. The zero-order chi connectivity index (χ0) is 14.5. The van der Waals surface area contributed by atoms with E-state index in [1.165, 1.54) is 24.3 Å². The van der Waals surface area contributed by atoms with E-state index in [-0.39, 0.29) is 11.4 Å². The lowest BCUT2D eigenvalue weighted by molar-refractivity contribution is -0.118.